The summed E-state index contributed by atoms with van der Waals surface area (Å²) in [5.41, 5.74) is 12.1. The zero-order valence-electron chi connectivity index (χ0n) is 20.3. The molecule has 1 aliphatic rings. The van der Waals surface area contributed by atoms with E-state index in [1.807, 2.05) is 80.6 Å². The quantitative estimate of drug-likeness (QED) is 0.308. The van der Waals surface area contributed by atoms with Gasteiger partial charge in [-0.25, -0.2) is 14.7 Å². The maximum absolute atomic E-state index is 13.4. The topological polar surface area (TPSA) is 88.3 Å². The molecule has 1 aromatic heterocycles. The molecule has 0 unspecified atom stereocenters. The van der Waals surface area contributed by atoms with E-state index in [2.05, 4.69) is 11.4 Å². The van der Waals surface area contributed by atoms with Crippen LogP contribution in [0.25, 0.3) is 11.3 Å². The van der Waals surface area contributed by atoms with Crippen LogP contribution in [0.5, 0.6) is 0 Å². The van der Waals surface area contributed by atoms with Crippen molar-refractivity contribution in [3.63, 3.8) is 0 Å². The van der Waals surface area contributed by atoms with Gasteiger partial charge in [-0.15, -0.1) is 0 Å². The van der Waals surface area contributed by atoms with Crippen LogP contribution in [-0.4, -0.2) is 16.9 Å². The van der Waals surface area contributed by atoms with Gasteiger partial charge in [-0.1, -0.05) is 77.6 Å². The van der Waals surface area contributed by atoms with Crippen molar-refractivity contribution in [1.82, 2.24) is 10.3 Å². The van der Waals surface area contributed by atoms with Crippen LogP contribution in [0.2, 0.25) is 0 Å². The highest BCUT2D eigenvalue weighted by Gasteiger charge is 2.29. The molecule has 182 valence electrons. The summed E-state index contributed by atoms with van der Waals surface area (Å²) in [5.74, 6) is 0.282. The van der Waals surface area contributed by atoms with Gasteiger partial charge in [0, 0.05) is 12.1 Å². The van der Waals surface area contributed by atoms with Crippen molar-refractivity contribution in [2.75, 3.05) is 4.90 Å². The van der Waals surface area contributed by atoms with Gasteiger partial charge in [0.15, 0.2) is 5.13 Å². The second-order valence-electron chi connectivity index (χ2n) is 9.21. The number of thiazole rings is 1. The van der Waals surface area contributed by atoms with Crippen molar-refractivity contribution in [1.29, 1.82) is 0 Å². The minimum absolute atomic E-state index is 0.244. The highest BCUT2D eigenvalue weighted by molar-refractivity contribution is 7.18. The number of carbonyl (C=O) groups excluding carboxylic acids is 2. The summed E-state index contributed by atoms with van der Waals surface area (Å²) in [6.07, 6.45) is 2.30. The molecule has 0 atom stereocenters. The first-order valence-electron chi connectivity index (χ1n) is 12.0. The van der Waals surface area contributed by atoms with Gasteiger partial charge in [-0.2, -0.15) is 0 Å². The van der Waals surface area contributed by atoms with E-state index in [1.54, 1.807) is 0 Å². The largest absolute Gasteiger partial charge is 0.351 e. The molecule has 1 saturated carbocycles. The summed E-state index contributed by atoms with van der Waals surface area (Å²) in [4.78, 5) is 32.8. The lowest BCUT2D eigenvalue weighted by Crippen LogP contribution is -2.32. The number of hydrogen-bond donors (Lipinski definition) is 2. The van der Waals surface area contributed by atoms with E-state index in [-0.39, 0.29) is 5.91 Å². The van der Waals surface area contributed by atoms with E-state index in [1.165, 1.54) is 21.8 Å². The SMILES string of the molecule is Cc1cccc(-c2nc(N(C(N)=O)c3cc(C4CC4)ccc3C)sc2C(=O)NCc2ccccc2)c1. The molecule has 1 heterocycles. The standard InChI is InChI=1S/C29H28N4O2S/c1-18-7-6-10-23(15-18)25-26(27(34)31-17-20-8-4-3-5-9-20)36-29(32-25)33(28(30)35)24-16-22(21-13-14-21)12-11-19(24)2/h3-12,15-16,21H,13-14,17H2,1-2H3,(H2,30,35)(H,31,34). The molecule has 5 rings (SSSR count). The van der Waals surface area contributed by atoms with Gasteiger partial charge in [-0.3, -0.25) is 4.79 Å². The molecular formula is C29H28N4O2S. The van der Waals surface area contributed by atoms with E-state index in [9.17, 15) is 9.59 Å². The van der Waals surface area contributed by atoms with Crippen molar-refractivity contribution >= 4 is 34.1 Å². The number of anilines is 2. The lowest BCUT2D eigenvalue weighted by Gasteiger charge is -2.20. The predicted octanol–water partition coefficient (Wildman–Crippen LogP) is 6.45. The lowest BCUT2D eigenvalue weighted by molar-refractivity contribution is 0.0955. The molecule has 0 saturated heterocycles. The molecule has 0 aliphatic heterocycles. The molecular weight excluding hydrogens is 468 g/mol. The van der Waals surface area contributed by atoms with E-state index in [4.69, 9.17) is 10.7 Å². The zero-order chi connectivity index (χ0) is 25.2. The predicted molar refractivity (Wildman–Crippen MR) is 145 cm³/mol. The fraction of sp³-hybridized carbons (Fsp3) is 0.207. The average Bonchev–Trinajstić information content (AvgIpc) is 3.63. The number of nitrogens with two attached hydrogens (primary N) is 1. The summed E-state index contributed by atoms with van der Waals surface area (Å²) >= 11 is 1.18. The Hall–Kier alpha value is -3.97. The fourth-order valence-electron chi connectivity index (χ4n) is 4.26. The number of urea groups is 1. The Labute approximate surface area is 214 Å². The molecule has 0 bridgehead atoms. The Morgan fingerprint density at radius 3 is 2.50 bits per heavy atom. The van der Waals surface area contributed by atoms with E-state index in [0.29, 0.717) is 33.9 Å². The Morgan fingerprint density at radius 2 is 1.81 bits per heavy atom. The third-order valence-electron chi connectivity index (χ3n) is 6.34. The Morgan fingerprint density at radius 1 is 1.03 bits per heavy atom. The minimum atomic E-state index is -0.633. The first-order valence-corrected chi connectivity index (χ1v) is 12.8. The highest BCUT2D eigenvalue weighted by Crippen LogP contribution is 2.43. The molecule has 1 fully saturated rings. The number of nitrogens with one attached hydrogen (secondary N) is 1. The molecule has 1 aliphatic carbocycles. The fourth-order valence-corrected chi connectivity index (χ4v) is 5.28. The summed E-state index contributed by atoms with van der Waals surface area (Å²) in [7, 11) is 0. The summed E-state index contributed by atoms with van der Waals surface area (Å²) < 4.78 is 0. The van der Waals surface area contributed by atoms with Crippen LogP contribution in [-0.2, 0) is 6.54 Å². The van der Waals surface area contributed by atoms with Crippen molar-refractivity contribution in [2.24, 2.45) is 5.73 Å². The maximum Gasteiger partial charge on any atom is 0.325 e. The molecule has 4 aromatic rings. The average molecular weight is 497 g/mol. The first-order chi connectivity index (χ1) is 17.4. The Balaban J connectivity index is 1.56. The van der Waals surface area contributed by atoms with Crippen LogP contribution < -0.4 is 16.0 Å². The van der Waals surface area contributed by atoms with Gasteiger partial charge in [0.05, 0.1) is 11.4 Å². The minimum Gasteiger partial charge on any atom is -0.351 e. The second kappa shape index (κ2) is 9.95. The Bertz CT molecular complexity index is 1430. The molecule has 3 aromatic carbocycles. The van der Waals surface area contributed by atoms with Crippen LogP contribution in [0.15, 0.2) is 72.8 Å². The molecule has 3 amide bonds. The van der Waals surface area contributed by atoms with Crippen molar-refractivity contribution in [3.05, 3.63) is 99.9 Å². The third-order valence-corrected chi connectivity index (χ3v) is 7.38. The molecule has 36 heavy (non-hydrogen) atoms. The van der Waals surface area contributed by atoms with E-state index in [0.717, 1.165) is 35.1 Å². The van der Waals surface area contributed by atoms with E-state index < -0.39 is 6.03 Å². The van der Waals surface area contributed by atoms with Crippen LogP contribution in [0, 0.1) is 13.8 Å². The first kappa shape index (κ1) is 23.8. The number of aromatic nitrogens is 1. The van der Waals surface area contributed by atoms with Gasteiger partial charge in [0.2, 0.25) is 0 Å². The van der Waals surface area contributed by atoms with Crippen LogP contribution in [0.3, 0.4) is 0 Å². The number of amides is 3. The maximum atomic E-state index is 13.4. The molecule has 3 N–H and O–H groups in total. The number of carbonyl (C=O) groups is 2. The molecule has 0 radical (unpaired) electrons. The monoisotopic (exact) mass is 496 g/mol. The second-order valence-corrected chi connectivity index (χ2v) is 10.2. The normalized spacial score (nSPS) is 12.8. The van der Waals surface area contributed by atoms with Gasteiger partial charge < -0.3 is 11.1 Å². The number of nitrogens with zero attached hydrogens (tertiary/aromatic N) is 2. The highest BCUT2D eigenvalue weighted by atomic mass is 32.1. The lowest BCUT2D eigenvalue weighted by atomic mass is 10.1. The van der Waals surface area contributed by atoms with Crippen molar-refractivity contribution < 1.29 is 9.59 Å². The van der Waals surface area contributed by atoms with Gasteiger partial charge in [0.1, 0.15) is 4.88 Å². The molecule has 7 heteroatoms. The zero-order valence-corrected chi connectivity index (χ0v) is 21.1. The van der Waals surface area contributed by atoms with Crippen molar-refractivity contribution in [3.8, 4) is 11.3 Å². The van der Waals surface area contributed by atoms with Crippen LogP contribution in [0.4, 0.5) is 15.6 Å². The summed E-state index contributed by atoms with van der Waals surface area (Å²) in [5, 5.41) is 3.38. The van der Waals surface area contributed by atoms with Crippen molar-refractivity contribution in [2.45, 2.75) is 39.2 Å². The number of rotatable bonds is 7. The number of aryl methyl sites for hydroxylation is 2. The number of hydrogen-bond acceptors (Lipinski definition) is 4. The van der Waals surface area contributed by atoms with Gasteiger partial charge in [-0.05, 0) is 61.4 Å². The number of primary amides is 1. The smallest absolute Gasteiger partial charge is 0.325 e. The molecule has 6 nitrogen and oxygen atoms in total. The summed E-state index contributed by atoms with van der Waals surface area (Å²) in [6.45, 7) is 4.33. The van der Waals surface area contributed by atoms with Crippen LogP contribution >= 0.6 is 11.3 Å². The van der Waals surface area contributed by atoms with Gasteiger partial charge in [0.25, 0.3) is 5.91 Å². The third kappa shape index (κ3) is 5.02. The Kier molecular flexibility index (Phi) is 6.57. The summed E-state index contributed by atoms with van der Waals surface area (Å²) in [6, 6.07) is 23.1. The van der Waals surface area contributed by atoms with Gasteiger partial charge >= 0.3 is 6.03 Å². The molecule has 0 spiro atoms. The van der Waals surface area contributed by atoms with E-state index >= 15 is 0 Å². The number of benzene rings is 3. The van der Waals surface area contributed by atoms with Crippen LogP contribution in [0.1, 0.15) is 50.7 Å².